The first kappa shape index (κ1) is 25.0. The van der Waals surface area contributed by atoms with Crippen LogP contribution < -0.4 is 14.8 Å². The van der Waals surface area contributed by atoms with E-state index in [0.717, 1.165) is 11.3 Å². The van der Waals surface area contributed by atoms with Gasteiger partial charge in [-0.05, 0) is 48.2 Å². The Bertz CT molecular complexity index is 1050. The molecule has 8 nitrogen and oxygen atoms in total. The summed E-state index contributed by atoms with van der Waals surface area (Å²) < 4.78 is 43.4. The quantitative estimate of drug-likeness (QED) is 0.597. The molecule has 0 spiro atoms. The van der Waals surface area contributed by atoms with Gasteiger partial charge in [0.2, 0.25) is 10.0 Å². The van der Waals surface area contributed by atoms with Crippen LogP contribution in [0.15, 0.2) is 47.4 Å². The molecule has 0 radical (unpaired) electrons. The first-order valence-corrected chi connectivity index (χ1v) is 12.4. The SMILES string of the molecule is COc1ccc(C(CC(C)C)NC(=O)c2cc(S(=O)(=O)N3CCOCC3)ccc2OC)cc1. The molecule has 1 unspecified atom stereocenters. The maximum Gasteiger partial charge on any atom is 0.255 e. The second-order valence-electron chi connectivity index (χ2n) is 8.31. The van der Waals surface area contributed by atoms with E-state index in [2.05, 4.69) is 19.2 Å². The normalized spacial score (nSPS) is 15.8. The lowest BCUT2D eigenvalue weighted by atomic mass is 9.96. The average molecular weight is 477 g/mol. The van der Waals surface area contributed by atoms with Gasteiger partial charge in [0.05, 0.1) is 43.9 Å². The van der Waals surface area contributed by atoms with E-state index < -0.39 is 15.9 Å². The number of hydrogen-bond acceptors (Lipinski definition) is 6. The summed E-state index contributed by atoms with van der Waals surface area (Å²) in [6.45, 7) is 5.42. The summed E-state index contributed by atoms with van der Waals surface area (Å²) in [5.41, 5.74) is 1.11. The Morgan fingerprint density at radius 1 is 1.06 bits per heavy atom. The molecule has 2 aromatic rings. The summed E-state index contributed by atoms with van der Waals surface area (Å²) in [5.74, 6) is 0.974. The molecular weight excluding hydrogens is 444 g/mol. The zero-order chi connectivity index (χ0) is 24.0. The summed E-state index contributed by atoms with van der Waals surface area (Å²) in [5, 5.41) is 3.06. The van der Waals surface area contributed by atoms with Gasteiger partial charge in [0.15, 0.2) is 0 Å². The summed E-state index contributed by atoms with van der Waals surface area (Å²) in [6, 6.07) is 11.7. The molecule has 0 saturated carbocycles. The van der Waals surface area contributed by atoms with E-state index in [-0.39, 0.29) is 29.6 Å². The van der Waals surface area contributed by atoms with E-state index in [4.69, 9.17) is 14.2 Å². The first-order chi connectivity index (χ1) is 15.8. The number of carbonyl (C=O) groups excluding carboxylic acids is 1. The molecular formula is C24H32N2O6S. The third-order valence-corrected chi connectivity index (χ3v) is 7.45. The maximum atomic E-state index is 13.3. The number of morpholine rings is 1. The maximum absolute atomic E-state index is 13.3. The monoisotopic (exact) mass is 476 g/mol. The molecule has 1 amide bonds. The highest BCUT2D eigenvalue weighted by Crippen LogP contribution is 2.28. The van der Waals surface area contributed by atoms with Crippen LogP contribution in [0.25, 0.3) is 0 Å². The van der Waals surface area contributed by atoms with Gasteiger partial charge in [-0.2, -0.15) is 4.31 Å². The minimum Gasteiger partial charge on any atom is -0.497 e. The van der Waals surface area contributed by atoms with E-state index in [1.807, 2.05) is 24.3 Å². The summed E-state index contributed by atoms with van der Waals surface area (Å²) in [6.07, 6.45) is 0.714. The molecule has 180 valence electrons. The summed E-state index contributed by atoms with van der Waals surface area (Å²) in [7, 11) is -0.687. The van der Waals surface area contributed by atoms with Gasteiger partial charge in [0.25, 0.3) is 5.91 Å². The summed E-state index contributed by atoms with van der Waals surface area (Å²) >= 11 is 0. The molecule has 1 atom stereocenters. The predicted molar refractivity (Wildman–Crippen MR) is 125 cm³/mol. The summed E-state index contributed by atoms with van der Waals surface area (Å²) in [4.78, 5) is 13.4. The van der Waals surface area contributed by atoms with Crippen LogP contribution in [0.3, 0.4) is 0 Å². The fourth-order valence-corrected chi connectivity index (χ4v) is 5.22. The molecule has 33 heavy (non-hydrogen) atoms. The number of carbonyl (C=O) groups is 1. The van der Waals surface area contributed by atoms with Crippen LogP contribution in [0.4, 0.5) is 0 Å². The lowest BCUT2D eigenvalue weighted by Crippen LogP contribution is -2.40. The number of hydrogen-bond donors (Lipinski definition) is 1. The van der Waals surface area contributed by atoms with E-state index in [0.29, 0.717) is 31.3 Å². The van der Waals surface area contributed by atoms with Crippen molar-refractivity contribution in [3.63, 3.8) is 0 Å². The van der Waals surface area contributed by atoms with E-state index >= 15 is 0 Å². The third kappa shape index (κ3) is 6.04. The molecule has 0 aromatic heterocycles. The molecule has 1 fully saturated rings. The zero-order valence-corrected chi connectivity index (χ0v) is 20.4. The molecule has 2 aromatic carbocycles. The number of methoxy groups -OCH3 is 2. The second-order valence-corrected chi connectivity index (χ2v) is 10.2. The van der Waals surface area contributed by atoms with Crippen molar-refractivity contribution < 1.29 is 27.4 Å². The minimum absolute atomic E-state index is 0.0557. The Morgan fingerprint density at radius 2 is 1.73 bits per heavy atom. The van der Waals surface area contributed by atoms with Gasteiger partial charge in [-0.3, -0.25) is 4.79 Å². The Hall–Kier alpha value is -2.62. The number of sulfonamides is 1. The van der Waals surface area contributed by atoms with E-state index in [1.54, 1.807) is 7.11 Å². The Labute approximate surface area is 195 Å². The molecule has 0 aliphatic carbocycles. The topological polar surface area (TPSA) is 94.2 Å². The van der Waals surface area contributed by atoms with Crippen LogP contribution in [0, 0.1) is 5.92 Å². The predicted octanol–water partition coefficient (Wildman–Crippen LogP) is 3.24. The van der Waals surface area contributed by atoms with Crippen molar-refractivity contribution in [3.8, 4) is 11.5 Å². The van der Waals surface area contributed by atoms with Gasteiger partial charge < -0.3 is 19.5 Å². The highest BCUT2D eigenvalue weighted by Gasteiger charge is 2.28. The molecule has 3 rings (SSSR count). The van der Waals surface area contributed by atoms with Crippen molar-refractivity contribution in [1.29, 1.82) is 0 Å². The number of rotatable bonds is 9. The van der Waals surface area contributed by atoms with Gasteiger partial charge in [-0.25, -0.2) is 8.42 Å². The molecule has 1 aliphatic rings. The van der Waals surface area contributed by atoms with E-state index in [9.17, 15) is 13.2 Å². The fraction of sp³-hybridized carbons (Fsp3) is 0.458. The van der Waals surface area contributed by atoms with Gasteiger partial charge in [-0.15, -0.1) is 0 Å². The molecule has 1 aliphatic heterocycles. The molecule has 1 saturated heterocycles. The lowest BCUT2D eigenvalue weighted by molar-refractivity contribution is 0.0730. The van der Waals surface area contributed by atoms with Crippen LogP contribution in [0.5, 0.6) is 11.5 Å². The first-order valence-electron chi connectivity index (χ1n) is 11.0. The Morgan fingerprint density at radius 3 is 2.30 bits per heavy atom. The Kier molecular flexibility index (Phi) is 8.34. The van der Waals surface area contributed by atoms with Crippen LogP contribution in [-0.2, 0) is 14.8 Å². The van der Waals surface area contributed by atoms with Crippen LogP contribution in [0.2, 0.25) is 0 Å². The van der Waals surface area contributed by atoms with E-state index in [1.165, 1.54) is 29.6 Å². The Balaban J connectivity index is 1.90. The fourth-order valence-electron chi connectivity index (χ4n) is 3.78. The molecule has 1 heterocycles. The standard InChI is InChI=1S/C24H32N2O6S/c1-17(2)15-22(18-5-7-19(30-3)8-6-18)25-24(27)21-16-20(9-10-23(21)31-4)33(28,29)26-11-13-32-14-12-26/h5-10,16-17,22H,11-15H2,1-4H3,(H,25,27). The number of ether oxygens (including phenoxy) is 3. The van der Waals surface area contributed by atoms with Crippen molar-refractivity contribution in [2.24, 2.45) is 5.92 Å². The van der Waals surface area contributed by atoms with Crippen LogP contribution in [0.1, 0.15) is 42.2 Å². The number of amides is 1. The van der Waals surface area contributed by atoms with Crippen LogP contribution >= 0.6 is 0 Å². The third-order valence-electron chi connectivity index (χ3n) is 5.55. The minimum atomic E-state index is -3.75. The number of benzene rings is 2. The highest BCUT2D eigenvalue weighted by atomic mass is 32.2. The van der Waals surface area contributed by atoms with Crippen molar-refractivity contribution in [3.05, 3.63) is 53.6 Å². The van der Waals surface area contributed by atoms with Gasteiger partial charge in [0, 0.05) is 13.1 Å². The number of nitrogens with one attached hydrogen (secondary N) is 1. The van der Waals surface area contributed by atoms with Crippen LogP contribution in [-0.4, -0.2) is 59.2 Å². The molecule has 9 heteroatoms. The average Bonchev–Trinajstić information content (AvgIpc) is 2.83. The molecule has 0 bridgehead atoms. The lowest BCUT2D eigenvalue weighted by Gasteiger charge is -2.26. The smallest absolute Gasteiger partial charge is 0.255 e. The van der Waals surface area contributed by atoms with Crippen molar-refractivity contribution in [2.45, 2.75) is 31.2 Å². The number of nitrogens with zero attached hydrogens (tertiary/aromatic N) is 1. The highest BCUT2D eigenvalue weighted by molar-refractivity contribution is 7.89. The van der Waals surface area contributed by atoms with Crippen molar-refractivity contribution in [2.75, 3.05) is 40.5 Å². The van der Waals surface area contributed by atoms with Gasteiger partial charge in [0.1, 0.15) is 11.5 Å². The second kappa shape index (κ2) is 11.0. The molecule has 1 N–H and O–H groups in total. The zero-order valence-electron chi connectivity index (χ0n) is 19.5. The van der Waals surface area contributed by atoms with Crippen molar-refractivity contribution >= 4 is 15.9 Å². The largest absolute Gasteiger partial charge is 0.497 e. The van der Waals surface area contributed by atoms with Crippen molar-refractivity contribution in [1.82, 2.24) is 9.62 Å². The van der Waals surface area contributed by atoms with Gasteiger partial charge >= 0.3 is 0 Å². The van der Waals surface area contributed by atoms with Gasteiger partial charge in [-0.1, -0.05) is 26.0 Å².